The van der Waals surface area contributed by atoms with E-state index in [2.05, 4.69) is 5.10 Å². The van der Waals surface area contributed by atoms with Crippen LogP contribution in [0.2, 0.25) is 5.15 Å². The van der Waals surface area contributed by atoms with Crippen LogP contribution in [0.3, 0.4) is 0 Å². The van der Waals surface area contributed by atoms with Gasteiger partial charge in [-0.1, -0.05) is 67.6 Å². The molecule has 1 amide bonds. The van der Waals surface area contributed by atoms with Crippen molar-refractivity contribution in [2.45, 2.75) is 58.0 Å². The van der Waals surface area contributed by atoms with Crippen LogP contribution in [0.1, 0.15) is 60.1 Å². The maximum Gasteiger partial charge on any atom is 0.258 e. The maximum absolute atomic E-state index is 13.1. The molecule has 1 saturated carbocycles. The Morgan fingerprint density at radius 1 is 1.20 bits per heavy atom. The van der Waals surface area contributed by atoms with Gasteiger partial charge in [-0.3, -0.25) is 4.79 Å². The molecule has 0 aliphatic heterocycles. The molecular weight excluding hydrogens is 334 g/mol. The summed E-state index contributed by atoms with van der Waals surface area (Å²) in [4.78, 5) is 14.9. The number of hydrogen-bond acceptors (Lipinski definition) is 2. The Balaban J connectivity index is 1.80. The van der Waals surface area contributed by atoms with E-state index in [0.717, 1.165) is 18.4 Å². The summed E-state index contributed by atoms with van der Waals surface area (Å²) < 4.78 is 1.72. The van der Waals surface area contributed by atoms with Crippen LogP contribution in [0.15, 0.2) is 30.3 Å². The molecule has 5 heteroatoms. The van der Waals surface area contributed by atoms with Gasteiger partial charge in [-0.2, -0.15) is 5.10 Å². The highest BCUT2D eigenvalue weighted by atomic mass is 35.5. The number of aromatic nitrogens is 2. The monoisotopic (exact) mass is 359 g/mol. The van der Waals surface area contributed by atoms with Crippen molar-refractivity contribution >= 4 is 17.5 Å². The second kappa shape index (κ2) is 8.05. The van der Waals surface area contributed by atoms with Gasteiger partial charge in [-0.05, 0) is 25.3 Å². The molecule has 134 valence electrons. The Kier molecular flexibility index (Phi) is 5.79. The summed E-state index contributed by atoms with van der Waals surface area (Å²) >= 11 is 6.54. The van der Waals surface area contributed by atoms with Crippen LogP contribution in [-0.2, 0) is 6.54 Å². The van der Waals surface area contributed by atoms with Crippen LogP contribution in [0.4, 0.5) is 0 Å². The summed E-state index contributed by atoms with van der Waals surface area (Å²) in [5.74, 6) is -0.00582. The molecular formula is C20H26ClN3O. The highest BCUT2D eigenvalue weighted by Crippen LogP contribution is 2.26. The maximum atomic E-state index is 13.1. The number of amides is 1. The predicted molar refractivity (Wildman–Crippen MR) is 101 cm³/mol. The first-order chi connectivity index (χ1) is 12.1. The molecule has 1 fully saturated rings. The second-order valence-electron chi connectivity index (χ2n) is 6.96. The summed E-state index contributed by atoms with van der Waals surface area (Å²) in [6.45, 7) is 2.43. The summed E-state index contributed by atoms with van der Waals surface area (Å²) in [7, 11) is 1.91. The molecule has 0 unspecified atom stereocenters. The third kappa shape index (κ3) is 4.06. The Bertz CT molecular complexity index is 718. The molecule has 1 aliphatic carbocycles. The van der Waals surface area contributed by atoms with Crippen molar-refractivity contribution in [2.75, 3.05) is 7.05 Å². The number of rotatable bonds is 4. The zero-order valence-electron chi connectivity index (χ0n) is 15.0. The van der Waals surface area contributed by atoms with Gasteiger partial charge >= 0.3 is 0 Å². The lowest BCUT2D eigenvalue weighted by Crippen LogP contribution is -2.37. The van der Waals surface area contributed by atoms with Gasteiger partial charge in [-0.15, -0.1) is 0 Å². The molecule has 0 saturated heterocycles. The minimum Gasteiger partial charge on any atom is -0.339 e. The van der Waals surface area contributed by atoms with E-state index in [-0.39, 0.29) is 5.91 Å². The first kappa shape index (κ1) is 18.0. The van der Waals surface area contributed by atoms with Crippen molar-refractivity contribution in [3.05, 3.63) is 52.3 Å². The zero-order chi connectivity index (χ0) is 17.8. The van der Waals surface area contributed by atoms with Gasteiger partial charge in [0.2, 0.25) is 0 Å². The Labute approximate surface area is 154 Å². The highest BCUT2D eigenvalue weighted by molar-refractivity contribution is 6.33. The van der Waals surface area contributed by atoms with Gasteiger partial charge < -0.3 is 4.90 Å². The van der Waals surface area contributed by atoms with Crippen LogP contribution in [-0.4, -0.2) is 33.7 Å². The molecule has 1 heterocycles. The Hall–Kier alpha value is -1.81. The van der Waals surface area contributed by atoms with E-state index in [1.54, 1.807) is 4.68 Å². The van der Waals surface area contributed by atoms with E-state index < -0.39 is 0 Å². The zero-order valence-corrected chi connectivity index (χ0v) is 15.8. The number of aryl methyl sites for hydroxylation is 1. The summed E-state index contributed by atoms with van der Waals surface area (Å²) in [5.41, 5.74) is 2.36. The molecule has 1 aromatic carbocycles. The smallest absolute Gasteiger partial charge is 0.258 e. The summed E-state index contributed by atoms with van der Waals surface area (Å²) in [6.07, 6.45) is 7.10. The summed E-state index contributed by atoms with van der Waals surface area (Å²) in [5, 5.41) is 4.95. The highest BCUT2D eigenvalue weighted by Gasteiger charge is 2.27. The van der Waals surface area contributed by atoms with Crippen LogP contribution in [0.25, 0.3) is 0 Å². The summed E-state index contributed by atoms with van der Waals surface area (Å²) in [6, 6.07) is 10.3. The first-order valence-corrected chi connectivity index (χ1v) is 9.49. The quantitative estimate of drug-likeness (QED) is 0.743. The number of hydrogen-bond donors (Lipinski definition) is 0. The third-order valence-electron chi connectivity index (χ3n) is 5.15. The van der Waals surface area contributed by atoms with Crippen LogP contribution in [0.5, 0.6) is 0 Å². The van der Waals surface area contributed by atoms with Crippen molar-refractivity contribution in [1.82, 2.24) is 14.7 Å². The Morgan fingerprint density at radius 2 is 1.84 bits per heavy atom. The number of carbonyl (C=O) groups excluding carboxylic acids is 1. The molecule has 3 rings (SSSR count). The fourth-order valence-electron chi connectivity index (χ4n) is 3.64. The van der Waals surface area contributed by atoms with Crippen molar-refractivity contribution < 1.29 is 4.79 Å². The van der Waals surface area contributed by atoms with Gasteiger partial charge in [0, 0.05) is 13.1 Å². The van der Waals surface area contributed by atoms with Crippen molar-refractivity contribution in [3.63, 3.8) is 0 Å². The average Bonchev–Trinajstić information content (AvgIpc) is 2.81. The van der Waals surface area contributed by atoms with Crippen molar-refractivity contribution in [1.29, 1.82) is 0 Å². The van der Waals surface area contributed by atoms with E-state index in [1.807, 2.05) is 49.2 Å². The first-order valence-electron chi connectivity index (χ1n) is 9.12. The molecule has 1 aliphatic rings. The van der Waals surface area contributed by atoms with Gasteiger partial charge in [0.15, 0.2) is 0 Å². The minimum atomic E-state index is -0.00582. The minimum absolute atomic E-state index is 0.00582. The number of halogens is 1. The SMILES string of the molecule is Cc1nn(Cc2ccccc2)c(Cl)c1C(=O)N(C)C1CCCCCC1. The van der Waals surface area contributed by atoms with Crippen molar-refractivity contribution in [3.8, 4) is 0 Å². The van der Waals surface area contributed by atoms with Crippen molar-refractivity contribution in [2.24, 2.45) is 0 Å². The van der Waals surface area contributed by atoms with Crippen LogP contribution >= 0.6 is 11.6 Å². The standard InChI is InChI=1S/C20H26ClN3O/c1-15-18(20(25)23(2)17-12-8-3-4-9-13-17)19(21)24(22-15)14-16-10-6-5-7-11-16/h5-7,10-11,17H,3-4,8-9,12-14H2,1-2H3. The molecule has 4 nitrogen and oxygen atoms in total. The third-order valence-corrected chi connectivity index (χ3v) is 5.53. The van der Waals surface area contributed by atoms with Gasteiger partial charge in [-0.25, -0.2) is 4.68 Å². The van der Waals surface area contributed by atoms with Crippen LogP contribution in [0, 0.1) is 6.92 Å². The van der Waals surface area contributed by atoms with E-state index in [1.165, 1.54) is 25.7 Å². The second-order valence-corrected chi connectivity index (χ2v) is 7.31. The molecule has 2 aromatic rings. The Morgan fingerprint density at radius 3 is 2.48 bits per heavy atom. The van der Waals surface area contributed by atoms with E-state index in [4.69, 9.17) is 11.6 Å². The van der Waals surface area contributed by atoms with E-state index in [0.29, 0.717) is 29.0 Å². The van der Waals surface area contributed by atoms with E-state index >= 15 is 0 Å². The molecule has 0 bridgehead atoms. The van der Waals surface area contributed by atoms with Gasteiger partial charge in [0.05, 0.1) is 17.8 Å². The lowest BCUT2D eigenvalue weighted by molar-refractivity contribution is 0.0717. The average molecular weight is 360 g/mol. The largest absolute Gasteiger partial charge is 0.339 e. The molecule has 0 radical (unpaired) electrons. The number of carbonyl (C=O) groups is 1. The van der Waals surface area contributed by atoms with Gasteiger partial charge in [0.1, 0.15) is 5.15 Å². The number of nitrogens with zero attached hydrogens (tertiary/aromatic N) is 3. The normalized spacial score (nSPS) is 15.8. The molecule has 0 N–H and O–H groups in total. The number of benzene rings is 1. The fraction of sp³-hybridized carbons (Fsp3) is 0.500. The van der Waals surface area contributed by atoms with Crippen LogP contribution < -0.4 is 0 Å². The lowest BCUT2D eigenvalue weighted by atomic mass is 10.1. The lowest BCUT2D eigenvalue weighted by Gasteiger charge is -2.27. The molecule has 1 aromatic heterocycles. The topological polar surface area (TPSA) is 38.1 Å². The van der Waals surface area contributed by atoms with Gasteiger partial charge in [0.25, 0.3) is 5.91 Å². The fourth-order valence-corrected chi connectivity index (χ4v) is 3.96. The molecule has 25 heavy (non-hydrogen) atoms. The van der Waals surface area contributed by atoms with E-state index in [9.17, 15) is 4.79 Å². The molecule has 0 spiro atoms. The predicted octanol–water partition coefficient (Wildman–Crippen LogP) is 4.69. The molecule has 0 atom stereocenters.